The Kier molecular flexibility index (Phi) is 61.5. The third kappa shape index (κ3) is 63.9. The highest BCUT2D eigenvalue weighted by molar-refractivity contribution is 7.47. The number of phosphoric acid groups is 2. The van der Waals surface area contributed by atoms with E-state index >= 15 is 0 Å². The van der Waals surface area contributed by atoms with Gasteiger partial charge in [-0.2, -0.15) is 0 Å². The average Bonchev–Trinajstić information content (AvgIpc) is 3.26. The number of hydrogen-bond acceptors (Lipinski definition) is 15. The van der Waals surface area contributed by atoms with Gasteiger partial charge in [-0.3, -0.25) is 37.3 Å². The zero-order valence-corrected chi connectivity index (χ0v) is 61.1. The van der Waals surface area contributed by atoms with Gasteiger partial charge in [0.05, 0.1) is 26.4 Å². The standard InChI is InChI=1S/C72H140O17P2/c1-8-11-12-13-29-39-46-53-69(74)82-59-67(89-72(77)56-49-42-35-28-27-32-38-45-52-65(7)10-3)61-86-90(78,79)84-57-66(73)58-85-91(80,81)87-62-68(60-83-70(75)54-47-40-33-25-22-21-24-31-37-44-51-64(6)9-2)88-71(76)55-48-41-34-26-20-18-16-14-15-17-19-23-30-36-43-50-63(4)5/h63-68,73H,8-62H2,1-7H3,(H,78,79)(H,80,81)/t64?,65?,66-,67+,68+/m0/s1. The van der Waals surface area contributed by atoms with E-state index in [9.17, 15) is 43.2 Å². The number of unbranched alkanes of at least 4 members (excludes halogenated alkanes) is 36. The molecule has 0 aromatic rings. The van der Waals surface area contributed by atoms with E-state index in [2.05, 4.69) is 48.5 Å². The summed E-state index contributed by atoms with van der Waals surface area (Å²) in [5, 5.41) is 10.6. The van der Waals surface area contributed by atoms with Crippen molar-refractivity contribution < 1.29 is 80.2 Å². The number of esters is 4. The Morgan fingerprint density at radius 2 is 0.560 bits per heavy atom. The van der Waals surface area contributed by atoms with Gasteiger partial charge in [-0.1, -0.05) is 312 Å². The van der Waals surface area contributed by atoms with Crippen molar-refractivity contribution in [1.82, 2.24) is 0 Å². The summed E-state index contributed by atoms with van der Waals surface area (Å²) in [5.41, 5.74) is 0. The van der Waals surface area contributed by atoms with Crippen molar-refractivity contribution in [3.8, 4) is 0 Å². The van der Waals surface area contributed by atoms with Gasteiger partial charge in [0.15, 0.2) is 12.2 Å². The number of carbonyl (C=O) groups is 4. The smallest absolute Gasteiger partial charge is 0.462 e. The molecule has 0 heterocycles. The molecule has 17 nitrogen and oxygen atoms in total. The normalized spacial score (nSPS) is 14.8. The Morgan fingerprint density at radius 3 is 0.835 bits per heavy atom. The zero-order valence-electron chi connectivity index (χ0n) is 59.3. The third-order valence-electron chi connectivity index (χ3n) is 17.4. The second-order valence-electron chi connectivity index (χ2n) is 26.9. The quantitative estimate of drug-likeness (QED) is 0.0222. The molecule has 0 amide bonds. The van der Waals surface area contributed by atoms with Crippen molar-refractivity contribution in [3.63, 3.8) is 0 Å². The van der Waals surface area contributed by atoms with Crippen LogP contribution in [0.25, 0.3) is 0 Å². The highest BCUT2D eigenvalue weighted by Gasteiger charge is 2.30. The predicted octanol–water partition coefficient (Wildman–Crippen LogP) is 20.6. The number of ether oxygens (including phenoxy) is 4. The van der Waals surface area contributed by atoms with Crippen molar-refractivity contribution in [2.45, 2.75) is 381 Å². The molecule has 0 bridgehead atoms. The minimum absolute atomic E-state index is 0.104. The largest absolute Gasteiger partial charge is 0.472 e. The molecule has 0 aromatic carbocycles. The van der Waals surface area contributed by atoms with E-state index in [0.29, 0.717) is 25.7 Å². The molecule has 0 rings (SSSR count). The summed E-state index contributed by atoms with van der Waals surface area (Å²) in [6.07, 6.45) is 47.2. The fourth-order valence-electron chi connectivity index (χ4n) is 10.8. The fraction of sp³-hybridized carbons (Fsp3) is 0.944. The number of aliphatic hydroxyl groups excluding tert-OH is 1. The zero-order chi connectivity index (χ0) is 67.3. The molecule has 540 valence electrons. The van der Waals surface area contributed by atoms with Crippen LogP contribution in [-0.2, 0) is 65.4 Å². The maximum absolute atomic E-state index is 13.0. The van der Waals surface area contributed by atoms with Gasteiger partial charge in [0.1, 0.15) is 19.3 Å². The first-order valence-electron chi connectivity index (χ1n) is 37.4. The minimum Gasteiger partial charge on any atom is -0.462 e. The van der Waals surface area contributed by atoms with Crippen molar-refractivity contribution in [3.05, 3.63) is 0 Å². The fourth-order valence-corrected chi connectivity index (χ4v) is 12.4. The molecule has 19 heteroatoms. The van der Waals surface area contributed by atoms with E-state index in [4.69, 9.17) is 37.0 Å². The van der Waals surface area contributed by atoms with Crippen LogP contribution in [0.5, 0.6) is 0 Å². The maximum atomic E-state index is 13.0. The summed E-state index contributed by atoms with van der Waals surface area (Å²) in [7, 11) is -9.90. The van der Waals surface area contributed by atoms with Crippen molar-refractivity contribution in [1.29, 1.82) is 0 Å². The molecule has 0 saturated carbocycles. The van der Waals surface area contributed by atoms with Crippen LogP contribution < -0.4 is 0 Å². The molecule has 0 radical (unpaired) electrons. The second-order valence-corrected chi connectivity index (χ2v) is 29.8. The minimum atomic E-state index is -4.95. The van der Waals surface area contributed by atoms with Gasteiger partial charge in [-0.15, -0.1) is 0 Å². The van der Waals surface area contributed by atoms with Crippen LogP contribution in [0.2, 0.25) is 0 Å². The van der Waals surface area contributed by atoms with E-state index in [1.54, 1.807) is 0 Å². The van der Waals surface area contributed by atoms with E-state index in [0.717, 1.165) is 120 Å². The molecule has 0 aliphatic rings. The highest BCUT2D eigenvalue weighted by atomic mass is 31.2. The van der Waals surface area contributed by atoms with Crippen LogP contribution in [0.3, 0.4) is 0 Å². The van der Waals surface area contributed by atoms with Gasteiger partial charge in [0.2, 0.25) is 0 Å². The van der Waals surface area contributed by atoms with Crippen LogP contribution in [0, 0.1) is 17.8 Å². The van der Waals surface area contributed by atoms with Crippen molar-refractivity contribution in [2.24, 2.45) is 17.8 Å². The Morgan fingerprint density at radius 1 is 0.319 bits per heavy atom. The summed E-state index contributed by atoms with van der Waals surface area (Å²) < 4.78 is 68.3. The Labute approximate surface area is 556 Å². The summed E-state index contributed by atoms with van der Waals surface area (Å²) in [6.45, 7) is 11.9. The molecule has 0 aromatic heterocycles. The van der Waals surface area contributed by atoms with Crippen LogP contribution in [-0.4, -0.2) is 96.7 Å². The average molecular weight is 1340 g/mol. The summed E-state index contributed by atoms with van der Waals surface area (Å²) in [6, 6.07) is 0. The van der Waals surface area contributed by atoms with Crippen LogP contribution >= 0.6 is 15.6 Å². The lowest BCUT2D eigenvalue weighted by molar-refractivity contribution is -0.161. The Balaban J connectivity index is 5.21. The molecular formula is C72H140O17P2. The summed E-state index contributed by atoms with van der Waals surface area (Å²) in [5.74, 6) is 0.253. The molecule has 0 aliphatic heterocycles. The monoisotopic (exact) mass is 1340 g/mol. The van der Waals surface area contributed by atoms with E-state index < -0.39 is 97.5 Å². The van der Waals surface area contributed by atoms with Crippen molar-refractivity contribution >= 4 is 39.5 Å². The van der Waals surface area contributed by atoms with Gasteiger partial charge in [-0.05, 0) is 43.4 Å². The van der Waals surface area contributed by atoms with Crippen molar-refractivity contribution in [2.75, 3.05) is 39.6 Å². The first-order chi connectivity index (χ1) is 43.8. The van der Waals surface area contributed by atoms with Gasteiger partial charge in [0.25, 0.3) is 0 Å². The van der Waals surface area contributed by atoms with Gasteiger partial charge in [-0.25, -0.2) is 9.13 Å². The second kappa shape index (κ2) is 62.8. The molecule has 91 heavy (non-hydrogen) atoms. The Hall–Kier alpha value is -1.94. The van der Waals surface area contributed by atoms with E-state index in [1.165, 1.54) is 161 Å². The lowest BCUT2D eigenvalue weighted by Crippen LogP contribution is -2.30. The summed E-state index contributed by atoms with van der Waals surface area (Å²) >= 11 is 0. The maximum Gasteiger partial charge on any atom is 0.472 e. The number of hydrogen-bond donors (Lipinski definition) is 3. The number of rotatable bonds is 70. The lowest BCUT2D eigenvalue weighted by Gasteiger charge is -2.21. The van der Waals surface area contributed by atoms with E-state index in [-0.39, 0.29) is 25.7 Å². The topological polar surface area (TPSA) is 237 Å². The summed E-state index contributed by atoms with van der Waals surface area (Å²) in [4.78, 5) is 72.5. The first kappa shape index (κ1) is 89.1. The molecule has 0 saturated heterocycles. The van der Waals surface area contributed by atoms with Crippen LogP contribution in [0.4, 0.5) is 0 Å². The number of phosphoric ester groups is 2. The molecule has 7 atom stereocenters. The SMILES string of the molecule is CCCCCCCCCC(=O)OC[C@H](COP(=O)(O)OC[C@H](O)COP(=O)(O)OC[C@@H](COC(=O)CCCCCCCCCCCCC(C)CC)OC(=O)CCCCCCCCCCCCCCCCCC(C)C)OC(=O)CCCCCCCCCCC(C)CC. The van der Waals surface area contributed by atoms with Gasteiger partial charge >= 0.3 is 39.5 Å². The Bertz CT molecular complexity index is 1790. The number of carbonyl (C=O) groups excluding carboxylic acids is 4. The highest BCUT2D eigenvalue weighted by Crippen LogP contribution is 2.45. The van der Waals surface area contributed by atoms with Gasteiger partial charge in [0, 0.05) is 25.7 Å². The van der Waals surface area contributed by atoms with E-state index in [1.807, 2.05) is 0 Å². The lowest BCUT2D eigenvalue weighted by atomic mass is 9.99. The third-order valence-corrected chi connectivity index (χ3v) is 19.3. The molecule has 4 unspecified atom stereocenters. The molecule has 0 spiro atoms. The molecule has 0 aliphatic carbocycles. The number of aliphatic hydroxyl groups is 1. The van der Waals surface area contributed by atoms with Crippen LogP contribution in [0.1, 0.15) is 363 Å². The van der Waals surface area contributed by atoms with Crippen LogP contribution in [0.15, 0.2) is 0 Å². The first-order valence-corrected chi connectivity index (χ1v) is 40.4. The molecule has 3 N–H and O–H groups in total. The predicted molar refractivity (Wildman–Crippen MR) is 368 cm³/mol. The molecule has 0 fully saturated rings. The van der Waals surface area contributed by atoms with Gasteiger partial charge < -0.3 is 33.8 Å². The molecular weight excluding hydrogens is 1200 g/mol.